The van der Waals surface area contributed by atoms with Gasteiger partial charge in [-0.2, -0.15) is 0 Å². The Balaban J connectivity index is 2.96. The molecule has 1 N–H and O–H groups in total. The fourth-order valence-electron chi connectivity index (χ4n) is 2.12. The minimum absolute atomic E-state index is 0.0271. The van der Waals surface area contributed by atoms with Crippen molar-refractivity contribution in [1.82, 2.24) is 9.80 Å². The van der Waals surface area contributed by atoms with Crippen LogP contribution in [0.1, 0.15) is 34.1 Å². The number of hydrogen-bond acceptors (Lipinski definition) is 5. The molecule has 8 nitrogen and oxygen atoms in total. The Hall–Kier alpha value is -2.12. The van der Waals surface area contributed by atoms with Crippen molar-refractivity contribution in [3.8, 4) is 0 Å². The Morgan fingerprint density at radius 2 is 1.91 bits per heavy atom. The predicted octanol–water partition coefficient (Wildman–Crippen LogP) is 0.702. The van der Waals surface area contributed by atoms with Gasteiger partial charge in [-0.25, -0.2) is 14.5 Å². The minimum Gasteiger partial charge on any atom is -0.481 e. The van der Waals surface area contributed by atoms with E-state index in [0.29, 0.717) is 0 Å². The van der Waals surface area contributed by atoms with Crippen LogP contribution >= 0.6 is 0 Å². The second-order valence-corrected chi connectivity index (χ2v) is 6.42. The molecule has 0 aromatic rings. The maximum Gasteiger partial charge on any atom is 0.331 e. The zero-order valence-corrected chi connectivity index (χ0v) is 13.5. The molecular formula is C14H22N2O6. The van der Waals surface area contributed by atoms with Crippen molar-refractivity contribution >= 4 is 23.9 Å². The quantitative estimate of drug-likeness (QED) is 0.766. The van der Waals surface area contributed by atoms with E-state index in [1.165, 1.54) is 18.9 Å². The summed E-state index contributed by atoms with van der Waals surface area (Å²) in [5.74, 6) is -3.42. The van der Waals surface area contributed by atoms with Gasteiger partial charge in [-0.1, -0.05) is 6.92 Å². The Bertz CT molecular complexity index is 496. The molecule has 3 amide bonds. The summed E-state index contributed by atoms with van der Waals surface area (Å²) in [6.07, 6.45) is -0.409. The van der Waals surface area contributed by atoms with E-state index in [1.54, 1.807) is 20.8 Å². The number of nitrogens with zero attached hydrogens (tertiary/aromatic N) is 2. The third-order valence-corrected chi connectivity index (χ3v) is 3.11. The first-order valence-corrected chi connectivity index (χ1v) is 6.97. The SMILES string of the molecule is C[C@H](CC(=O)O)C(=O)N1C(=O)N(C)C[C@H]1C(=O)OC(C)(C)C. The van der Waals surface area contributed by atoms with Crippen molar-refractivity contribution < 1.29 is 29.0 Å². The highest BCUT2D eigenvalue weighted by Crippen LogP contribution is 2.22. The summed E-state index contributed by atoms with van der Waals surface area (Å²) in [6.45, 7) is 6.49. The van der Waals surface area contributed by atoms with Crippen LogP contribution in [0.2, 0.25) is 0 Å². The van der Waals surface area contributed by atoms with Gasteiger partial charge in [-0.3, -0.25) is 9.59 Å². The van der Waals surface area contributed by atoms with Gasteiger partial charge < -0.3 is 14.7 Å². The normalized spacial score (nSPS) is 20.0. The number of amides is 3. The Labute approximate surface area is 129 Å². The molecule has 0 aromatic carbocycles. The van der Waals surface area contributed by atoms with Crippen LogP contribution in [0.25, 0.3) is 0 Å². The van der Waals surface area contributed by atoms with E-state index < -0.39 is 47.9 Å². The summed E-state index contributed by atoms with van der Waals surface area (Å²) in [4.78, 5) is 49.4. The molecule has 124 valence electrons. The van der Waals surface area contributed by atoms with E-state index in [4.69, 9.17) is 9.84 Å². The topological polar surface area (TPSA) is 104 Å². The number of carboxylic acid groups (broad SMARTS) is 1. The zero-order valence-electron chi connectivity index (χ0n) is 13.5. The van der Waals surface area contributed by atoms with E-state index in [9.17, 15) is 19.2 Å². The van der Waals surface area contributed by atoms with E-state index >= 15 is 0 Å². The second kappa shape index (κ2) is 6.33. The van der Waals surface area contributed by atoms with Gasteiger partial charge in [-0.05, 0) is 20.8 Å². The van der Waals surface area contributed by atoms with Crippen LogP contribution in [0.3, 0.4) is 0 Å². The summed E-state index contributed by atoms with van der Waals surface area (Å²) in [5, 5.41) is 8.76. The summed E-state index contributed by atoms with van der Waals surface area (Å²) in [6, 6.07) is -1.68. The van der Waals surface area contributed by atoms with Gasteiger partial charge >= 0.3 is 18.0 Å². The number of esters is 1. The first kappa shape index (κ1) is 17.9. The monoisotopic (exact) mass is 314 g/mol. The fourth-order valence-corrected chi connectivity index (χ4v) is 2.12. The number of aliphatic carboxylic acids is 1. The summed E-state index contributed by atoms with van der Waals surface area (Å²) >= 11 is 0. The van der Waals surface area contributed by atoms with Crippen molar-refractivity contribution in [2.45, 2.75) is 45.8 Å². The summed E-state index contributed by atoms with van der Waals surface area (Å²) in [5.41, 5.74) is -0.747. The smallest absolute Gasteiger partial charge is 0.331 e. The molecule has 1 saturated heterocycles. The van der Waals surface area contributed by atoms with Crippen molar-refractivity contribution in [2.75, 3.05) is 13.6 Å². The van der Waals surface area contributed by atoms with E-state index in [1.807, 2.05) is 0 Å². The molecule has 1 heterocycles. The van der Waals surface area contributed by atoms with Gasteiger partial charge in [0.2, 0.25) is 5.91 Å². The van der Waals surface area contributed by atoms with Crippen LogP contribution in [-0.4, -0.2) is 64.0 Å². The van der Waals surface area contributed by atoms with E-state index in [2.05, 4.69) is 0 Å². The molecule has 1 aliphatic heterocycles. The first-order chi connectivity index (χ1) is 9.94. The van der Waals surface area contributed by atoms with E-state index in [-0.39, 0.29) is 6.54 Å². The molecule has 0 radical (unpaired) electrons. The molecule has 0 spiro atoms. The molecule has 0 saturated carbocycles. The zero-order chi connectivity index (χ0) is 17.2. The van der Waals surface area contributed by atoms with Crippen molar-refractivity contribution in [2.24, 2.45) is 5.92 Å². The lowest BCUT2D eigenvalue weighted by molar-refractivity contribution is -0.162. The molecule has 0 aromatic heterocycles. The molecule has 0 aliphatic carbocycles. The Morgan fingerprint density at radius 3 is 2.36 bits per heavy atom. The lowest BCUT2D eigenvalue weighted by atomic mass is 10.1. The van der Waals surface area contributed by atoms with Crippen molar-refractivity contribution in [3.63, 3.8) is 0 Å². The number of imide groups is 1. The molecule has 22 heavy (non-hydrogen) atoms. The number of rotatable bonds is 4. The van der Waals surface area contributed by atoms with Gasteiger partial charge in [0.1, 0.15) is 5.60 Å². The lowest BCUT2D eigenvalue weighted by Crippen LogP contribution is -2.48. The molecular weight excluding hydrogens is 292 g/mol. The Morgan fingerprint density at radius 1 is 1.36 bits per heavy atom. The van der Waals surface area contributed by atoms with Gasteiger partial charge in [-0.15, -0.1) is 0 Å². The van der Waals surface area contributed by atoms with Gasteiger partial charge in [0.05, 0.1) is 13.0 Å². The highest BCUT2D eigenvalue weighted by Gasteiger charge is 2.46. The lowest BCUT2D eigenvalue weighted by Gasteiger charge is -2.26. The maximum atomic E-state index is 12.3. The van der Waals surface area contributed by atoms with Crippen LogP contribution in [0.5, 0.6) is 0 Å². The predicted molar refractivity (Wildman–Crippen MR) is 75.9 cm³/mol. The molecule has 1 fully saturated rings. The maximum absolute atomic E-state index is 12.3. The average molecular weight is 314 g/mol. The standard InChI is InChI=1S/C14H22N2O6/c1-8(6-10(17)18)11(19)16-9(7-15(5)13(16)21)12(20)22-14(2,3)4/h8-9H,6-7H2,1-5H3,(H,17,18)/t8-,9+/m1/s1. The molecule has 0 bridgehead atoms. The van der Waals surface area contributed by atoms with Crippen LogP contribution in [-0.2, 0) is 19.1 Å². The number of carbonyl (C=O) groups is 4. The van der Waals surface area contributed by atoms with Gasteiger partial charge in [0.25, 0.3) is 0 Å². The van der Waals surface area contributed by atoms with Gasteiger partial charge in [0, 0.05) is 13.0 Å². The minimum atomic E-state index is -1.14. The van der Waals surface area contributed by atoms with Crippen LogP contribution in [0.4, 0.5) is 4.79 Å². The summed E-state index contributed by atoms with van der Waals surface area (Å²) < 4.78 is 5.23. The fraction of sp³-hybridized carbons (Fsp3) is 0.714. The third kappa shape index (κ3) is 4.19. The molecule has 1 rings (SSSR count). The van der Waals surface area contributed by atoms with Crippen LogP contribution < -0.4 is 0 Å². The van der Waals surface area contributed by atoms with Gasteiger partial charge in [0.15, 0.2) is 6.04 Å². The molecule has 2 atom stereocenters. The number of carboxylic acids is 1. The average Bonchev–Trinajstić information content (AvgIpc) is 2.62. The molecule has 0 unspecified atom stereocenters. The number of ether oxygens (including phenoxy) is 1. The first-order valence-electron chi connectivity index (χ1n) is 6.97. The molecule has 8 heteroatoms. The molecule has 1 aliphatic rings. The van der Waals surface area contributed by atoms with Crippen LogP contribution in [0, 0.1) is 5.92 Å². The highest BCUT2D eigenvalue weighted by atomic mass is 16.6. The van der Waals surface area contributed by atoms with Crippen molar-refractivity contribution in [3.05, 3.63) is 0 Å². The number of urea groups is 1. The number of hydrogen-bond donors (Lipinski definition) is 1. The third-order valence-electron chi connectivity index (χ3n) is 3.11. The largest absolute Gasteiger partial charge is 0.481 e. The second-order valence-electron chi connectivity index (χ2n) is 6.42. The number of carbonyl (C=O) groups excluding carboxylic acids is 3. The highest BCUT2D eigenvalue weighted by molar-refractivity contribution is 6.02. The van der Waals surface area contributed by atoms with Crippen LogP contribution in [0.15, 0.2) is 0 Å². The van der Waals surface area contributed by atoms with E-state index in [0.717, 1.165) is 4.90 Å². The number of likely N-dealkylation sites (N-methyl/N-ethyl adjacent to an activating group) is 1. The Kier molecular flexibility index (Phi) is 5.16. The summed E-state index contributed by atoms with van der Waals surface area (Å²) in [7, 11) is 1.47. The van der Waals surface area contributed by atoms with Crippen molar-refractivity contribution in [1.29, 1.82) is 0 Å².